The Hall–Kier alpha value is -2.14. The first kappa shape index (κ1) is 13.8. The highest BCUT2D eigenvalue weighted by molar-refractivity contribution is 9.10. The van der Waals surface area contributed by atoms with Crippen molar-refractivity contribution in [2.24, 2.45) is 0 Å². The van der Waals surface area contributed by atoms with Crippen LogP contribution in [-0.4, -0.2) is 9.55 Å². The molecule has 0 atom stereocenters. The number of aromatic nitrogens is 2. The third kappa shape index (κ3) is 2.97. The molecule has 106 valence electrons. The average molecular weight is 346 g/mol. The molecule has 5 heteroatoms. The first-order chi connectivity index (χ1) is 10.1. The first-order valence-electron chi connectivity index (χ1n) is 6.47. The van der Waals surface area contributed by atoms with E-state index in [0.29, 0.717) is 11.6 Å². The van der Waals surface area contributed by atoms with E-state index in [1.54, 1.807) is 22.9 Å². The topological polar surface area (TPSA) is 29.9 Å². The van der Waals surface area contributed by atoms with Crippen LogP contribution in [0.15, 0.2) is 59.2 Å². The molecule has 0 saturated heterocycles. The molecule has 0 fully saturated rings. The smallest absolute Gasteiger partial charge is 0.212 e. The number of halogens is 2. The highest BCUT2D eigenvalue weighted by atomic mass is 79.9. The van der Waals surface area contributed by atoms with Gasteiger partial charge >= 0.3 is 0 Å². The van der Waals surface area contributed by atoms with E-state index in [2.05, 4.69) is 26.2 Å². The molecule has 0 aliphatic carbocycles. The van der Waals surface area contributed by atoms with Crippen molar-refractivity contribution >= 4 is 27.6 Å². The number of rotatable bonds is 3. The second kappa shape index (κ2) is 5.69. The van der Waals surface area contributed by atoms with E-state index in [4.69, 9.17) is 0 Å². The van der Waals surface area contributed by atoms with Crippen molar-refractivity contribution in [2.75, 3.05) is 5.32 Å². The second-order valence-electron chi connectivity index (χ2n) is 4.66. The molecular weight excluding hydrogens is 333 g/mol. The number of imidazole rings is 1. The Bertz CT molecular complexity index is 768. The van der Waals surface area contributed by atoms with Gasteiger partial charge in [0.1, 0.15) is 5.82 Å². The summed E-state index contributed by atoms with van der Waals surface area (Å²) < 4.78 is 16.6. The van der Waals surface area contributed by atoms with Gasteiger partial charge in [-0.25, -0.2) is 9.37 Å². The number of anilines is 2. The summed E-state index contributed by atoms with van der Waals surface area (Å²) in [6.45, 7) is 1.88. The summed E-state index contributed by atoms with van der Waals surface area (Å²) in [7, 11) is 0. The second-order valence-corrected chi connectivity index (χ2v) is 5.58. The van der Waals surface area contributed by atoms with Crippen LogP contribution in [0.4, 0.5) is 16.0 Å². The largest absolute Gasteiger partial charge is 0.325 e. The van der Waals surface area contributed by atoms with Gasteiger partial charge in [-0.1, -0.05) is 34.1 Å². The van der Waals surface area contributed by atoms with Crippen molar-refractivity contribution in [1.82, 2.24) is 9.55 Å². The molecule has 0 amide bonds. The van der Waals surface area contributed by atoms with E-state index in [9.17, 15) is 4.39 Å². The van der Waals surface area contributed by atoms with Crippen molar-refractivity contribution < 1.29 is 4.39 Å². The molecule has 0 bridgehead atoms. The first-order valence-corrected chi connectivity index (χ1v) is 7.26. The van der Waals surface area contributed by atoms with E-state index in [1.165, 1.54) is 6.07 Å². The molecule has 0 saturated carbocycles. The molecule has 21 heavy (non-hydrogen) atoms. The molecule has 1 heterocycles. The van der Waals surface area contributed by atoms with Crippen molar-refractivity contribution in [1.29, 1.82) is 0 Å². The third-order valence-corrected chi connectivity index (χ3v) is 3.52. The van der Waals surface area contributed by atoms with E-state index in [1.807, 2.05) is 37.3 Å². The van der Waals surface area contributed by atoms with Gasteiger partial charge in [0.25, 0.3) is 0 Å². The molecule has 0 aliphatic heterocycles. The van der Waals surface area contributed by atoms with Gasteiger partial charge in [-0.3, -0.25) is 4.57 Å². The normalized spacial score (nSPS) is 10.6. The Balaban J connectivity index is 2.05. The molecule has 0 unspecified atom stereocenters. The summed E-state index contributed by atoms with van der Waals surface area (Å²) in [6.07, 6.45) is 1.80. The molecule has 0 radical (unpaired) electrons. The lowest BCUT2D eigenvalue weighted by Crippen LogP contribution is -2.03. The maximum Gasteiger partial charge on any atom is 0.212 e. The van der Waals surface area contributed by atoms with E-state index < -0.39 is 0 Å². The summed E-state index contributed by atoms with van der Waals surface area (Å²) in [5.41, 5.74) is 2.16. The van der Waals surface area contributed by atoms with Crippen LogP contribution in [0.3, 0.4) is 0 Å². The standard InChI is InChI=1S/C16H13BrFN3/c1-11-10-21(15-9-12(17)7-8-14(15)18)16(19-11)20-13-5-3-2-4-6-13/h2-10H,1H3,(H,19,20). The fourth-order valence-corrected chi connectivity index (χ4v) is 2.44. The summed E-state index contributed by atoms with van der Waals surface area (Å²) in [6, 6.07) is 14.5. The lowest BCUT2D eigenvalue weighted by atomic mass is 10.3. The van der Waals surface area contributed by atoms with Gasteiger partial charge in [0, 0.05) is 16.4 Å². The average Bonchev–Trinajstić information content (AvgIpc) is 2.83. The Kier molecular flexibility index (Phi) is 3.75. The zero-order valence-electron chi connectivity index (χ0n) is 11.3. The zero-order chi connectivity index (χ0) is 14.8. The Morgan fingerprint density at radius 2 is 1.90 bits per heavy atom. The molecule has 3 aromatic rings. The van der Waals surface area contributed by atoms with Gasteiger partial charge in [-0.2, -0.15) is 0 Å². The third-order valence-electron chi connectivity index (χ3n) is 3.02. The molecule has 0 aliphatic rings. The van der Waals surface area contributed by atoms with E-state index >= 15 is 0 Å². The van der Waals surface area contributed by atoms with E-state index in [-0.39, 0.29) is 5.82 Å². The summed E-state index contributed by atoms with van der Waals surface area (Å²) in [5, 5.41) is 3.21. The van der Waals surface area contributed by atoms with Crippen molar-refractivity contribution in [3.8, 4) is 5.69 Å². The van der Waals surface area contributed by atoms with Crippen LogP contribution in [0.2, 0.25) is 0 Å². The Morgan fingerprint density at radius 1 is 1.14 bits per heavy atom. The maximum atomic E-state index is 14.1. The summed E-state index contributed by atoms with van der Waals surface area (Å²) in [4.78, 5) is 4.42. The van der Waals surface area contributed by atoms with Crippen LogP contribution in [0.25, 0.3) is 5.69 Å². The number of nitrogens with zero attached hydrogens (tertiary/aromatic N) is 2. The highest BCUT2D eigenvalue weighted by Crippen LogP contribution is 2.25. The molecule has 0 spiro atoms. The Morgan fingerprint density at radius 3 is 2.67 bits per heavy atom. The van der Waals surface area contributed by atoms with Crippen molar-refractivity contribution in [2.45, 2.75) is 6.92 Å². The maximum absolute atomic E-state index is 14.1. The predicted molar refractivity (Wildman–Crippen MR) is 85.7 cm³/mol. The number of para-hydroxylation sites is 1. The Labute approximate surface area is 130 Å². The lowest BCUT2D eigenvalue weighted by Gasteiger charge is -2.11. The van der Waals surface area contributed by atoms with Gasteiger partial charge in [-0.05, 0) is 37.3 Å². The highest BCUT2D eigenvalue weighted by Gasteiger charge is 2.12. The van der Waals surface area contributed by atoms with Crippen LogP contribution in [-0.2, 0) is 0 Å². The molecule has 2 aromatic carbocycles. The molecule has 1 aromatic heterocycles. The fraction of sp³-hybridized carbons (Fsp3) is 0.0625. The molecule has 3 rings (SSSR count). The molecular formula is C16H13BrFN3. The number of benzene rings is 2. The van der Waals surface area contributed by atoms with Crippen molar-refractivity contribution in [3.63, 3.8) is 0 Å². The minimum absolute atomic E-state index is 0.299. The van der Waals surface area contributed by atoms with Gasteiger partial charge in [0.05, 0.1) is 11.4 Å². The van der Waals surface area contributed by atoms with Crippen molar-refractivity contribution in [3.05, 3.63) is 70.7 Å². The quantitative estimate of drug-likeness (QED) is 0.736. The van der Waals surface area contributed by atoms with Gasteiger partial charge in [-0.15, -0.1) is 0 Å². The van der Waals surface area contributed by atoms with Crippen LogP contribution in [0.1, 0.15) is 5.69 Å². The fourth-order valence-electron chi connectivity index (χ4n) is 2.09. The van der Waals surface area contributed by atoms with Gasteiger partial charge < -0.3 is 5.32 Å². The summed E-state index contributed by atoms with van der Waals surface area (Å²) >= 11 is 3.37. The van der Waals surface area contributed by atoms with Gasteiger partial charge in [0.2, 0.25) is 5.95 Å². The lowest BCUT2D eigenvalue weighted by molar-refractivity contribution is 0.618. The van der Waals surface area contributed by atoms with Crippen LogP contribution in [0, 0.1) is 12.7 Å². The van der Waals surface area contributed by atoms with Crippen LogP contribution in [0.5, 0.6) is 0 Å². The van der Waals surface area contributed by atoms with Crippen LogP contribution < -0.4 is 5.32 Å². The monoisotopic (exact) mass is 345 g/mol. The van der Waals surface area contributed by atoms with E-state index in [0.717, 1.165) is 15.9 Å². The van der Waals surface area contributed by atoms with Gasteiger partial charge in [0.15, 0.2) is 0 Å². The molecule has 1 N–H and O–H groups in total. The van der Waals surface area contributed by atoms with Crippen LogP contribution >= 0.6 is 15.9 Å². The predicted octanol–water partition coefficient (Wildman–Crippen LogP) is 4.83. The number of aryl methyl sites for hydroxylation is 1. The summed E-state index contributed by atoms with van der Waals surface area (Å²) in [5.74, 6) is 0.280. The SMILES string of the molecule is Cc1cn(-c2cc(Br)ccc2F)c(Nc2ccccc2)n1. The zero-order valence-corrected chi connectivity index (χ0v) is 12.9. The number of nitrogens with one attached hydrogen (secondary N) is 1. The number of hydrogen-bond donors (Lipinski definition) is 1. The minimum Gasteiger partial charge on any atom is -0.325 e. The molecule has 3 nitrogen and oxygen atoms in total. The number of hydrogen-bond acceptors (Lipinski definition) is 2. The minimum atomic E-state index is -0.299.